The number of hydrogen-bond acceptors (Lipinski definition) is 3. The van der Waals surface area contributed by atoms with Crippen molar-refractivity contribution in [2.24, 2.45) is 0 Å². The fraction of sp³-hybridized carbons (Fsp3) is 0.118. The molecule has 0 aliphatic rings. The third-order valence-electron chi connectivity index (χ3n) is 3.51. The number of rotatable bonds is 3. The van der Waals surface area contributed by atoms with Crippen molar-refractivity contribution in [2.75, 3.05) is 0 Å². The number of hydrogen-bond donors (Lipinski definition) is 1. The molecule has 2 aromatic heterocycles. The first kappa shape index (κ1) is 14.0. The van der Waals surface area contributed by atoms with Crippen molar-refractivity contribution >= 4 is 11.6 Å². The van der Waals surface area contributed by atoms with Crippen LogP contribution in [0.5, 0.6) is 0 Å². The Kier molecular flexibility index (Phi) is 3.70. The normalized spacial score (nSPS) is 12.0. The largest absolute Gasteiger partial charge is 0.345 e. The zero-order valence-corrected chi connectivity index (χ0v) is 12.1. The molecular weight excluding hydrogens is 278 g/mol. The van der Waals surface area contributed by atoms with E-state index in [1.54, 1.807) is 24.4 Å². The van der Waals surface area contributed by atoms with Gasteiger partial charge in [-0.15, -0.1) is 0 Å². The average Bonchev–Trinajstić information content (AvgIpc) is 2.56. The van der Waals surface area contributed by atoms with Gasteiger partial charge in [0.1, 0.15) is 11.2 Å². The molecule has 1 aromatic carbocycles. The zero-order chi connectivity index (χ0) is 15.5. The first-order valence-corrected chi connectivity index (χ1v) is 6.99. The molecule has 0 spiro atoms. The summed E-state index contributed by atoms with van der Waals surface area (Å²) < 4.78 is 1.36. The molecule has 0 bridgehead atoms. The van der Waals surface area contributed by atoms with Crippen LogP contribution in [0.15, 0.2) is 65.7 Å². The first-order chi connectivity index (χ1) is 10.7. The lowest BCUT2D eigenvalue weighted by Gasteiger charge is -2.14. The topological polar surface area (TPSA) is 63.5 Å². The Bertz CT molecular complexity index is 872. The van der Waals surface area contributed by atoms with Gasteiger partial charge in [0.25, 0.3) is 11.5 Å². The summed E-state index contributed by atoms with van der Waals surface area (Å²) in [5.41, 5.74) is 1.15. The van der Waals surface area contributed by atoms with Gasteiger partial charge in [-0.3, -0.25) is 14.0 Å². The van der Waals surface area contributed by atoms with Crippen molar-refractivity contribution in [1.29, 1.82) is 0 Å². The zero-order valence-electron chi connectivity index (χ0n) is 12.1. The molecule has 1 atom stereocenters. The number of benzene rings is 1. The van der Waals surface area contributed by atoms with E-state index >= 15 is 0 Å². The lowest BCUT2D eigenvalue weighted by atomic mass is 10.1. The highest BCUT2D eigenvalue weighted by atomic mass is 16.2. The predicted molar refractivity (Wildman–Crippen MR) is 83.8 cm³/mol. The monoisotopic (exact) mass is 293 g/mol. The Morgan fingerprint density at radius 1 is 1.14 bits per heavy atom. The molecule has 1 amide bonds. The van der Waals surface area contributed by atoms with Crippen LogP contribution in [0, 0.1) is 0 Å². The molecule has 0 radical (unpaired) electrons. The summed E-state index contributed by atoms with van der Waals surface area (Å²) in [4.78, 5) is 28.8. The van der Waals surface area contributed by atoms with Crippen molar-refractivity contribution in [3.05, 3.63) is 82.4 Å². The average molecular weight is 293 g/mol. The SMILES string of the molecule is C[C@H](NC(=O)c1cnc2ccccn2c1=O)c1ccccc1. The molecule has 3 rings (SSSR count). The smallest absolute Gasteiger partial charge is 0.270 e. The summed E-state index contributed by atoms with van der Waals surface area (Å²) in [6.07, 6.45) is 2.92. The number of carbonyl (C=O) groups is 1. The second kappa shape index (κ2) is 5.81. The van der Waals surface area contributed by atoms with Crippen LogP contribution in [0.2, 0.25) is 0 Å². The molecule has 22 heavy (non-hydrogen) atoms. The van der Waals surface area contributed by atoms with Crippen molar-refractivity contribution in [1.82, 2.24) is 14.7 Å². The second-order valence-corrected chi connectivity index (χ2v) is 5.01. The summed E-state index contributed by atoms with van der Waals surface area (Å²) in [5, 5.41) is 2.83. The summed E-state index contributed by atoms with van der Waals surface area (Å²) in [7, 11) is 0. The van der Waals surface area contributed by atoms with E-state index in [2.05, 4.69) is 10.3 Å². The fourth-order valence-electron chi connectivity index (χ4n) is 2.28. The molecule has 5 heteroatoms. The van der Waals surface area contributed by atoms with Crippen molar-refractivity contribution < 1.29 is 4.79 Å². The van der Waals surface area contributed by atoms with Gasteiger partial charge in [0.2, 0.25) is 0 Å². The van der Waals surface area contributed by atoms with Gasteiger partial charge in [-0.25, -0.2) is 4.98 Å². The van der Waals surface area contributed by atoms with Gasteiger partial charge >= 0.3 is 0 Å². The highest BCUT2D eigenvalue weighted by molar-refractivity contribution is 5.94. The number of aromatic nitrogens is 2. The molecule has 0 fully saturated rings. The first-order valence-electron chi connectivity index (χ1n) is 6.99. The van der Waals surface area contributed by atoms with E-state index < -0.39 is 5.91 Å². The van der Waals surface area contributed by atoms with Crippen LogP contribution in [0.4, 0.5) is 0 Å². The summed E-state index contributed by atoms with van der Waals surface area (Å²) >= 11 is 0. The number of nitrogens with zero attached hydrogens (tertiary/aromatic N) is 2. The maximum Gasteiger partial charge on any atom is 0.270 e. The number of nitrogens with one attached hydrogen (secondary N) is 1. The minimum Gasteiger partial charge on any atom is -0.345 e. The van der Waals surface area contributed by atoms with Crippen molar-refractivity contribution in [3.8, 4) is 0 Å². The molecule has 1 N–H and O–H groups in total. The summed E-state index contributed by atoms with van der Waals surface area (Å²) in [6.45, 7) is 1.87. The van der Waals surface area contributed by atoms with E-state index in [9.17, 15) is 9.59 Å². The van der Waals surface area contributed by atoms with E-state index in [0.717, 1.165) is 5.56 Å². The molecule has 0 aliphatic heterocycles. The standard InChI is InChI=1S/C17H15N3O2/c1-12(13-7-3-2-4-8-13)19-16(21)14-11-18-15-9-5-6-10-20(15)17(14)22/h2-12H,1H3,(H,19,21)/t12-/m0/s1. The van der Waals surface area contributed by atoms with Gasteiger partial charge in [-0.2, -0.15) is 0 Å². The molecule has 2 heterocycles. The molecule has 0 unspecified atom stereocenters. The molecule has 0 saturated carbocycles. The molecular formula is C17H15N3O2. The Balaban J connectivity index is 1.90. The van der Waals surface area contributed by atoms with Crippen molar-refractivity contribution in [3.63, 3.8) is 0 Å². The van der Waals surface area contributed by atoms with Gasteiger partial charge in [0.05, 0.1) is 6.04 Å². The maximum atomic E-state index is 12.4. The molecule has 0 saturated heterocycles. The van der Waals surface area contributed by atoms with E-state index in [4.69, 9.17) is 0 Å². The van der Waals surface area contributed by atoms with E-state index in [-0.39, 0.29) is 17.2 Å². The Morgan fingerprint density at radius 3 is 2.64 bits per heavy atom. The van der Waals surface area contributed by atoms with Gasteiger partial charge in [0, 0.05) is 12.4 Å². The Hall–Kier alpha value is -2.95. The number of fused-ring (bicyclic) bond motifs is 1. The number of pyridine rings is 1. The molecule has 110 valence electrons. The van der Waals surface area contributed by atoms with Crippen LogP contribution in [0.3, 0.4) is 0 Å². The lowest BCUT2D eigenvalue weighted by Crippen LogP contribution is -2.33. The van der Waals surface area contributed by atoms with Crippen LogP contribution in [0.25, 0.3) is 5.65 Å². The third kappa shape index (κ3) is 2.61. The summed E-state index contributed by atoms with van der Waals surface area (Å²) in [6, 6.07) is 14.6. The highest BCUT2D eigenvalue weighted by Crippen LogP contribution is 2.11. The summed E-state index contributed by atoms with van der Waals surface area (Å²) in [5.74, 6) is -0.424. The number of amides is 1. The van der Waals surface area contributed by atoms with Gasteiger partial charge < -0.3 is 5.32 Å². The molecule has 5 nitrogen and oxygen atoms in total. The van der Waals surface area contributed by atoms with Gasteiger partial charge in [0.15, 0.2) is 0 Å². The molecule has 0 aliphatic carbocycles. The van der Waals surface area contributed by atoms with Gasteiger partial charge in [-0.1, -0.05) is 36.4 Å². The maximum absolute atomic E-state index is 12.4. The van der Waals surface area contributed by atoms with Crippen LogP contribution < -0.4 is 10.9 Å². The van der Waals surface area contributed by atoms with Crippen LogP contribution in [0.1, 0.15) is 28.9 Å². The number of carbonyl (C=O) groups excluding carboxylic acids is 1. The second-order valence-electron chi connectivity index (χ2n) is 5.01. The van der Waals surface area contributed by atoms with Crippen LogP contribution in [-0.4, -0.2) is 15.3 Å². The predicted octanol–water partition coefficient (Wildman–Crippen LogP) is 2.19. The quantitative estimate of drug-likeness (QED) is 0.805. The molecule has 3 aromatic rings. The minimum atomic E-state index is -0.424. The van der Waals surface area contributed by atoms with Crippen LogP contribution in [-0.2, 0) is 0 Å². The minimum absolute atomic E-state index is 0.0338. The van der Waals surface area contributed by atoms with Crippen molar-refractivity contribution in [2.45, 2.75) is 13.0 Å². The van der Waals surface area contributed by atoms with E-state index in [0.29, 0.717) is 5.65 Å². The van der Waals surface area contributed by atoms with Crippen LogP contribution >= 0.6 is 0 Å². The van der Waals surface area contributed by atoms with Gasteiger partial charge in [-0.05, 0) is 24.6 Å². The Labute approximate surface area is 127 Å². The van der Waals surface area contributed by atoms with E-state index in [1.165, 1.54) is 10.6 Å². The Morgan fingerprint density at radius 2 is 1.86 bits per heavy atom. The fourth-order valence-corrected chi connectivity index (χ4v) is 2.28. The lowest BCUT2D eigenvalue weighted by molar-refractivity contribution is 0.0938. The highest BCUT2D eigenvalue weighted by Gasteiger charge is 2.16. The third-order valence-corrected chi connectivity index (χ3v) is 3.51. The van der Waals surface area contributed by atoms with E-state index in [1.807, 2.05) is 37.3 Å².